The predicted octanol–water partition coefficient (Wildman–Crippen LogP) is 2.49. The molecule has 2 fully saturated rings. The average molecular weight is 349 g/mol. The van der Waals surface area contributed by atoms with Gasteiger partial charge >= 0.3 is 0 Å². The molecule has 1 heterocycles. The topological polar surface area (TPSA) is 24.8 Å². The van der Waals surface area contributed by atoms with Crippen molar-refractivity contribution < 1.29 is 9.69 Å². The predicted molar refractivity (Wildman–Crippen MR) is 104 cm³/mol. The standard InChI is InChI=1S/C23H28N2O/c26-23(25-17-15-24(16-18-25)21-13-7-8-14-21)22(19-9-3-1-4-10-19)20-11-5-2-6-12-20/h1-6,9-12,21-22H,7-8,13-18H2/p+1. The Balaban J connectivity index is 1.50. The van der Waals surface area contributed by atoms with Crippen LogP contribution in [0.5, 0.6) is 0 Å². The van der Waals surface area contributed by atoms with E-state index in [1.54, 1.807) is 4.90 Å². The van der Waals surface area contributed by atoms with Crippen molar-refractivity contribution in [1.82, 2.24) is 4.90 Å². The van der Waals surface area contributed by atoms with Gasteiger partial charge in [-0.3, -0.25) is 4.79 Å². The first-order chi connectivity index (χ1) is 12.8. The van der Waals surface area contributed by atoms with Crippen LogP contribution in [0, 0.1) is 0 Å². The van der Waals surface area contributed by atoms with Gasteiger partial charge in [0.05, 0.1) is 38.1 Å². The zero-order valence-corrected chi connectivity index (χ0v) is 15.4. The van der Waals surface area contributed by atoms with E-state index < -0.39 is 0 Å². The highest BCUT2D eigenvalue weighted by Gasteiger charge is 2.34. The number of carbonyl (C=O) groups excluding carboxylic acids is 1. The lowest BCUT2D eigenvalue weighted by Crippen LogP contribution is -3.18. The first-order valence-electron chi connectivity index (χ1n) is 10.1. The van der Waals surface area contributed by atoms with Crippen molar-refractivity contribution in [3.63, 3.8) is 0 Å². The fourth-order valence-electron chi connectivity index (χ4n) is 4.71. The maximum absolute atomic E-state index is 13.4. The van der Waals surface area contributed by atoms with Gasteiger partial charge in [-0.25, -0.2) is 0 Å². The summed E-state index contributed by atoms with van der Waals surface area (Å²) < 4.78 is 0. The van der Waals surface area contributed by atoms with Crippen LogP contribution in [-0.2, 0) is 4.79 Å². The smallest absolute Gasteiger partial charge is 0.234 e. The molecule has 2 aliphatic rings. The molecular formula is C23H29N2O+. The molecule has 3 heteroatoms. The monoisotopic (exact) mass is 349 g/mol. The van der Waals surface area contributed by atoms with Crippen molar-refractivity contribution in [2.24, 2.45) is 0 Å². The summed E-state index contributed by atoms with van der Waals surface area (Å²) in [5.74, 6) is 0.0679. The van der Waals surface area contributed by atoms with Gasteiger partial charge in [0.25, 0.3) is 0 Å². The van der Waals surface area contributed by atoms with E-state index in [1.165, 1.54) is 25.7 Å². The summed E-state index contributed by atoms with van der Waals surface area (Å²) in [6, 6.07) is 21.3. The van der Waals surface area contributed by atoms with Crippen LogP contribution >= 0.6 is 0 Å². The number of benzene rings is 2. The van der Waals surface area contributed by atoms with Crippen LogP contribution in [0.4, 0.5) is 0 Å². The number of amides is 1. The van der Waals surface area contributed by atoms with Crippen LogP contribution in [0.3, 0.4) is 0 Å². The molecule has 1 saturated heterocycles. The van der Waals surface area contributed by atoms with E-state index in [1.807, 2.05) is 36.4 Å². The van der Waals surface area contributed by atoms with E-state index >= 15 is 0 Å². The van der Waals surface area contributed by atoms with Crippen LogP contribution in [0.25, 0.3) is 0 Å². The fraction of sp³-hybridized carbons (Fsp3) is 0.435. The second kappa shape index (κ2) is 8.05. The van der Waals surface area contributed by atoms with Gasteiger partial charge in [0.2, 0.25) is 5.91 Å². The van der Waals surface area contributed by atoms with Gasteiger partial charge in [0, 0.05) is 0 Å². The van der Waals surface area contributed by atoms with E-state index in [0.717, 1.165) is 43.3 Å². The summed E-state index contributed by atoms with van der Waals surface area (Å²) in [7, 11) is 0. The lowest BCUT2D eigenvalue weighted by Gasteiger charge is -2.37. The summed E-state index contributed by atoms with van der Waals surface area (Å²) >= 11 is 0. The van der Waals surface area contributed by atoms with Gasteiger partial charge in [-0.15, -0.1) is 0 Å². The van der Waals surface area contributed by atoms with Crippen LogP contribution < -0.4 is 4.90 Å². The van der Waals surface area contributed by atoms with Gasteiger partial charge in [-0.05, 0) is 36.8 Å². The van der Waals surface area contributed by atoms with Crippen LogP contribution in [-0.4, -0.2) is 43.0 Å². The average Bonchev–Trinajstić information content (AvgIpc) is 3.25. The van der Waals surface area contributed by atoms with Gasteiger partial charge < -0.3 is 9.80 Å². The molecule has 0 radical (unpaired) electrons. The molecule has 1 saturated carbocycles. The molecule has 0 atom stereocenters. The minimum atomic E-state index is -0.189. The Morgan fingerprint density at radius 3 is 1.85 bits per heavy atom. The molecule has 3 nitrogen and oxygen atoms in total. The second-order valence-corrected chi connectivity index (χ2v) is 7.72. The highest BCUT2D eigenvalue weighted by Crippen LogP contribution is 2.27. The number of nitrogens with zero attached hydrogens (tertiary/aromatic N) is 1. The Hall–Kier alpha value is -2.13. The fourth-order valence-corrected chi connectivity index (χ4v) is 4.71. The molecule has 0 unspecified atom stereocenters. The van der Waals surface area contributed by atoms with Crippen LogP contribution in [0.15, 0.2) is 60.7 Å². The zero-order chi connectivity index (χ0) is 17.8. The van der Waals surface area contributed by atoms with E-state index in [-0.39, 0.29) is 11.8 Å². The first kappa shape index (κ1) is 17.3. The SMILES string of the molecule is O=C(C(c1ccccc1)c1ccccc1)N1CC[NH+](C2CCCC2)CC1. The van der Waals surface area contributed by atoms with Crippen LogP contribution in [0.1, 0.15) is 42.7 Å². The lowest BCUT2D eigenvalue weighted by atomic mass is 9.90. The molecular weight excluding hydrogens is 320 g/mol. The summed E-state index contributed by atoms with van der Waals surface area (Å²) in [5.41, 5.74) is 2.18. The third kappa shape index (κ3) is 3.68. The molecule has 1 amide bonds. The van der Waals surface area contributed by atoms with Gasteiger partial charge in [0.1, 0.15) is 0 Å². The second-order valence-electron chi connectivity index (χ2n) is 7.72. The summed E-state index contributed by atoms with van der Waals surface area (Å²) in [5, 5.41) is 0. The van der Waals surface area contributed by atoms with Crippen molar-refractivity contribution >= 4 is 5.91 Å². The Bertz CT molecular complexity index is 662. The van der Waals surface area contributed by atoms with E-state index in [4.69, 9.17) is 0 Å². The minimum Gasteiger partial charge on any atom is -0.331 e. The lowest BCUT2D eigenvalue weighted by molar-refractivity contribution is -0.928. The van der Waals surface area contributed by atoms with Crippen molar-refractivity contribution in [2.75, 3.05) is 26.2 Å². The summed E-state index contributed by atoms with van der Waals surface area (Å²) in [6.07, 6.45) is 5.53. The molecule has 1 aliphatic heterocycles. The third-order valence-corrected chi connectivity index (χ3v) is 6.16. The highest BCUT2D eigenvalue weighted by molar-refractivity contribution is 5.87. The number of quaternary nitrogens is 1. The molecule has 0 spiro atoms. The number of nitrogens with one attached hydrogen (secondary N) is 1. The van der Waals surface area contributed by atoms with Gasteiger partial charge in [0.15, 0.2) is 0 Å². The number of piperazine rings is 1. The quantitative estimate of drug-likeness (QED) is 0.901. The summed E-state index contributed by atoms with van der Waals surface area (Å²) in [6.45, 7) is 3.99. The molecule has 4 rings (SSSR count). The number of hydrogen-bond acceptors (Lipinski definition) is 1. The molecule has 136 valence electrons. The molecule has 2 aromatic carbocycles. The molecule has 0 aromatic heterocycles. The minimum absolute atomic E-state index is 0.189. The molecule has 0 bridgehead atoms. The van der Waals surface area contributed by atoms with Gasteiger partial charge in [-0.1, -0.05) is 60.7 Å². The van der Waals surface area contributed by atoms with Crippen molar-refractivity contribution in [2.45, 2.75) is 37.6 Å². The Morgan fingerprint density at radius 2 is 1.35 bits per heavy atom. The van der Waals surface area contributed by atoms with Crippen molar-refractivity contribution in [3.05, 3.63) is 71.8 Å². The van der Waals surface area contributed by atoms with Gasteiger partial charge in [-0.2, -0.15) is 0 Å². The maximum atomic E-state index is 13.4. The van der Waals surface area contributed by atoms with Crippen molar-refractivity contribution in [1.29, 1.82) is 0 Å². The maximum Gasteiger partial charge on any atom is 0.234 e. The molecule has 1 N–H and O–H groups in total. The van der Waals surface area contributed by atoms with Crippen molar-refractivity contribution in [3.8, 4) is 0 Å². The summed E-state index contributed by atoms with van der Waals surface area (Å²) in [4.78, 5) is 17.3. The third-order valence-electron chi connectivity index (χ3n) is 6.16. The Kier molecular flexibility index (Phi) is 5.35. The van der Waals surface area contributed by atoms with E-state index in [2.05, 4.69) is 29.2 Å². The highest BCUT2D eigenvalue weighted by atomic mass is 16.2. The number of hydrogen-bond donors (Lipinski definition) is 1. The molecule has 2 aromatic rings. The van der Waals surface area contributed by atoms with E-state index in [9.17, 15) is 4.79 Å². The largest absolute Gasteiger partial charge is 0.331 e. The zero-order valence-electron chi connectivity index (χ0n) is 15.4. The molecule has 26 heavy (non-hydrogen) atoms. The van der Waals surface area contributed by atoms with Crippen LogP contribution in [0.2, 0.25) is 0 Å². The number of rotatable bonds is 4. The van der Waals surface area contributed by atoms with E-state index in [0.29, 0.717) is 0 Å². The Labute approximate surface area is 156 Å². The number of carbonyl (C=O) groups is 1. The first-order valence-corrected chi connectivity index (χ1v) is 10.1. The Morgan fingerprint density at radius 1 is 0.846 bits per heavy atom. The normalized spacial score (nSPS) is 19.2. The molecule has 1 aliphatic carbocycles.